The van der Waals surface area contributed by atoms with E-state index in [0.717, 1.165) is 19.3 Å². The fourth-order valence-corrected chi connectivity index (χ4v) is 2.02. The van der Waals surface area contributed by atoms with E-state index >= 15 is 0 Å². The second-order valence-corrected chi connectivity index (χ2v) is 4.57. The molecule has 0 aliphatic heterocycles. The van der Waals surface area contributed by atoms with Gasteiger partial charge in [-0.3, -0.25) is 0 Å². The third-order valence-electron chi connectivity index (χ3n) is 3.34. The Morgan fingerprint density at radius 2 is 2.22 bits per heavy atom. The number of hydrogen-bond acceptors (Lipinski definition) is 5. The first-order chi connectivity index (χ1) is 8.66. The third-order valence-corrected chi connectivity index (χ3v) is 3.34. The Labute approximate surface area is 104 Å². The van der Waals surface area contributed by atoms with Gasteiger partial charge in [0, 0.05) is 13.0 Å². The fraction of sp³-hybridized carbons (Fsp3) is 0.818. The number of nitrogens with two attached hydrogens (primary N) is 1. The third kappa shape index (κ3) is 2.84. The zero-order valence-electron chi connectivity index (χ0n) is 10.1. The topological polar surface area (TPSA) is 74.2 Å². The second-order valence-electron chi connectivity index (χ2n) is 4.57. The SMILES string of the molecule is NCC1(c2nc(CCOCC(F)F)no2)CCC1. The smallest absolute Gasteiger partial charge is 0.261 e. The lowest BCUT2D eigenvalue weighted by Gasteiger charge is -2.36. The van der Waals surface area contributed by atoms with Crippen molar-refractivity contribution < 1.29 is 18.0 Å². The Bertz CT molecular complexity index is 375. The van der Waals surface area contributed by atoms with Crippen molar-refractivity contribution in [3.8, 4) is 0 Å². The zero-order chi connectivity index (χ0) is 13.0. The maximum absolute atomic E-state index is 11.8. The van der Waals surface area contributed by atoms with Gasteiger partial charge >= 0.3 is 0 Å². The van der Waals surface area contributed by atoms with Crippen LogP contribution < -0.4 is 5.73 Å². The van der Waals surface area contributed by atoms with E-state index in [-0.39, 0.29) is 12.0 Å². The molecule has 0 saturated heterocycles. The molecule has 1 aromatic rings. The van der Waals surface area contributed by atoms with E-state index in [9.17, 15) is 8.78 Å². The largest absolute Gasteiger partial charge is 0.375 e. The first-order valence-electron chi connectivity index (χ1n) is 6.05. The average molecular weight is 261 g/mol. The molecule has 5 nitrogen and oxygen atoms in total. The number of alkyl halides is 2. The van der Waals surface area contributed by atoms with E-state index in [2.05, 4.69) is 10.1 Å². The van der Waals surface area contributed by atoms with Crippen LogP contribution in [0.3, 0.4) is 0 Å². The van der Waals surface area contributed by atoms with Crippen LogP contribution in [0, 0.1) is 0 Å². The van der Waals surface area contributed by atoms with Gasteiger partial charge in [0.05, 0.1) is 12.0 Å². The van der Waals surface area contributed by atoms with Crippen LogP contribution >= 0.6 is 0 Å². The van der Waals surface area contributed by atoms with Gasteiger partial charge in [0.1, 0.15) is 6.61 Å². The van der Waals surface area contributed by atoms with Gasteiger partial charge < -0.3 is 15.0 Å². The van der Waals surface area contributed by atoms with Gasteiger partial charge in [0.2, 0.25) is 5.89 Å². The van der Waals surface area contributed by atoms with E-state index in [1.54, 1.807) is 0 Å². The second kappa shape index (κ2) is 5.71. The highest BCUT2D eigenvalue weighted by molar-refractivity contribution is 5.11. The molecule has 7 heteroatoms. The maximum atomic E-state index is 11.8. The molecule has 18 heavy (non-hydrogen) atoms. The molecule has 0 spiro atoms. The van der Waals surface area contributed by atoms with Gasteiger partial charge in [-0.05, 0) is 12.8 Å². The highest BCUT2D eigenvalue weighted by Gasteiger charge is 2.42. The summed E-state index contributed by atoms with van der Waals surface area (Å²) in [5.74, 6) is 1.05. The van der Waals surface area contributed by atoms with Crippen LogP contribution in [-0.4, -0.2) is 36.3 Å². The summed E-state index contributed by atoms with van der Waals surface area (Å²) < 4.78 is 33.6. The van der Waals surface area contributed by atoms with Crippen molar-refractivity contribution in [2.45, 2.75) is 37.5 Å². The molecule has 1 heterocycles. The minimum atomic E-state index is -2.44. The Morgan fingerprint density at radius 1 is 1.44 bits per heavy atom. The monoisotopic (exact) mass is 261 g/mol. The highest BCUT2D eigenvalue weighted by atomic mass is 19.3. The Hall–Kier alpha value is -1.08. The summed E-state index contributed by atoms with van der Waals surface area (Å²) in [6.45, 7) is 0.104. The number of halogens is 2. The zero-order valence-corrected chi connectivity index (χ0v) is 10.1. The lowest BCUT2D eigenvalue weighted by molar-refractivity contribution is 0.0182. The number of rotatable bonds is 7. The molecule has 1 saturated carbocycles. The van der Waals surface area contributed by atoms with Crippen molar-refractivity contribution in [1.82, 2.24) is 10.1 Å². The Kier molecular flexibility index (Phi) is 4.23. The molecular formula is C11H17F2N3O2. The number of ether oxygens (including phenoxy) is 1. The van der Waals surface area contributed by atoms with E-state index < -0.39 is 13.0 Å². The molecule has 0 bridgehead atoms. The fourth-order valence-electron chi connectivity index (χ4n) is 2.02. The summed E-state index contributed by atoms with van der Waals surface area (Å²) in [5, 5.41) is 3.82. The van der Waals surface area contributed by atoms with Crippen molar-refractivity contribution in [1.29, 1.82) is 0 Å². The first kappa shape index (κ1) is 13.4. The molecule has 102 valence electrons. The lowest BCUT2D eigenvalue weighted by Crippen LogP contribution is -2.41. The molecule has 1 aromatic heterocycles. The normalized spacial score (nSPS) is 18.0. The van der Waals surface area contributed by atoms with Crippen LogP contribution in [0.1, 0.15) is 31.0 Å². The molecule has 0 amide bonds. The highest BCUT2D eigenvalue weighted by Crippen LogP contribution is 2.41. The molecule has 0 aromatic carbocycles. The molecule has 1 aliphatic rings. The van der Waals surface area contributed by atoms with Crippen molar-refractivity contribution >= 4 is 0 Å². The summed E-state index contributed by atoms with van der Waals surface area (Å²) in [7, 11) is 0. The predicted octanol–water partition coefficient (Wildman–Crippen LogP) is 1.27. The van der Waals surface area contributed by atoms with Gasteiger partial charge in [-0.15, -0.1) is 0 Å². The quantitative estimate of drug-likeness (QED) is 0.748. The molecule has 0 atom stereocenters. The minimum Gasteiger partial charge on any atom is -0.375 e. The van der Waals surface area contributed by atoms with Crippen molar-refractivity contribution in [3.05, 3.63) is 11.7 Å². The van der Waals surface area contributed by atoms with Crippen LogP contribution in [-0.2, 0) is 16.6 Å². The Morgan fingerprint density at radius 3 is 2.78 bits per heavy atom. The van der Waals surface area contributed by atoms with Gasteiger partial charge in [-0.2, -0.15) is 4.98 Å². The molecule has 2 rings (SSSR count). The van der Waals surface area contributed by atoms with Gasteiger partial charge in [0.25, 0.3) is 6.43 Å². The van der Waals surface area contributed by atoms with E-state index in [4.69, 9.17) is 15.0 Å². The first-order valence-corrected chi connectivity index (χ1v) is 6.05. The van der Waals surface area contributed by atoms with Gasteiger partial charge in [0.15, 0.2) is 5.82 Å². The molecule has 1 fully saturated rings. The number of nitrogens with zero attached hydrogens (tertiary/aromatic N) is 2. The molecule has 1 aliphatic carbocycles. The van der Waals surface area contributed by atoms with Crippen LogP contribution in [0.2, 0.25) is 0 Å². The van der Waals surface area contributed by atoms with Gasteiger partial charge in [-0.1, -0.05) is 11.6 Å². The summed E-state index contributed by atoms with van der Waals surface area (Å²) in [6, 6.07) is 0. The van der Waals surface area contributed by atoms with Crippen LogP contribution in [0.15, 0.2) is 4.52 Å². The number of aromatic nitrogens is 2. The summed E-state index contributed by atoms with van der Waals surface area (Å²) in [5.41, 5.74) is 5.57. The molecule has 0 unspecified atom stereocenters. The summed E-state index contributed by atoms with van der Waals surface area (Å²) in [6.07, 6.45) is 0.977. The number of hydrogen-bond donors (Lipinski definition) is 1. The molecule has 2 N–H and O–H groups in total. The van der Waals surface area contributed by atoms with Crippen LogP contribution in [0.5, 0.6) is 0 Å². The predicted molar refractivity (Wildman–Crippen MR) is 59.4 cm³/mol. The standard InChI is InChI=1S/C11H17F2N3O2/c12-8(13)6-17-5-2-9-15-10(18-16-9)11(7-14)3-1-4-11/h8H,1-7,14H2. The lowest BCUT2D eigenvalue weighted by atomic mass is 9.69. The van der Waals surface area contributed by atoms with Crippen molar-refractivity contribution in [2.75, 3.05) is 19.8 Å². The molecular weight excluding hydrogens is 244 g/mol. The van der Waals surface area contributed by atoms with Gasteiger partial charge in [-0.25, -0.2) is 8.78 Å². The van der Waals surface area contributed by atoms with E-state index in [1.807, 2.05) is 0 Å². The Balaban J connectivity index is 1.83. The molecule has 0 radical (unpaired) electrons. The van der Waals surface area contributed by atoms with Crippen molar-refractivity contribution in [2.24, 2.45) is 5.73 Å². The van der Waals surface area contributed by atoms with Crippen LogP contribution in [0.4, 0.5) is 8.78 Å². The maximum Gasteiger partial charge on any atom is 0.261 e. The average Bonchev–Trinajstić information content (AvgIpc) is 2.73. The summed E-state index contributed by atoms with van der Waals surface area (Å²) in [4.78, 5) is 4.27. The van der Waals surface area contributed by atoms with Crippen LogP contribution in [0.25, 0.3) is 0 Å². The van der Waals surface area contributed by atoms with E-state index in [1.165, 1.54) is 0 Å². The summed E-state index contributed by atoms with van der Waals surface area (Å²) >= 11 is 0. The minimum absolute atomic E-state index is 0.158. The van der Waals surface area contributed by atoms with E-state index in [0.29, 0.717) is 24.7 Å². The van der Waals surface area contributed by atoms with Crippen molar-refractivity contribution in [3.63, 3.8) is 0 Å².